The summed E-state index contributed by atoms with van der Waals surface area (Å²) >= 11 is 4.92. The Morgan fingerprint density at radius 2 is 2.33 bits per heavy atom. The third-order valence-electron chi connectivity index (χ3n) is 2.54. The van der Waals surface area contributed by atoms with Crippen LogP contribution in [0.5, 0.6) is 0 Å². The van der Waals surface area contributed by atoms with E-state index in [9.17, 15) is 4.79 Å². The van der Waals surface area contributed by atoms with Crippen molar-refractivity contribution in [3.63, 3.8) is 0 Å². The van der Waals surface area contributed by atoms with Crippen molar-refractivity contribution in [2.24, 2.45) is 0 Å². The van der Waals surface area contributed by atoms with Crippen molar-refractivity contribution in [1.29, 1.82) is 0 Å². The molecular weight excluding hydrogens is 324 g/mol. The first-order valence-corrected chi connectivity index (χ1v) is 10.7. The van der Waals surface area contributed by atoms with E-state index in [1.165, 1.54) is 39.3 Å². The van der Waals surface area contributed by atoms with E-state index < -0.39 is 0 Å². The Kier molecular flexibility index (Phi) is 6.43. The van der Waals surface area contributed by atoms with E-state index in [0.29, 0.717) is 15.5 Å². The second-order valence-electron chi connectivity index (χ2n) is 3.97. The molecule has 1 aliphatic rings. The predicted octanol–water partition coefficient (Wildman–Crippen LogP) is 4.59. The van der Waals surface area contributed by atoms with Gasteiger partial charge in [0.25, 0.3) is 0 Å². The molecule has 1 unspecified atom stereocenters. The fourth-order valence-corrected chi connectivity index (χ4v) is 6.55. The molecule has 1 N–H and O–H groups in total. The lowest BCUT2D eigenvalue weighted by Crippen LogP contribution is -2.11. The van der Waals surface area contributed by atoms with Crippen LogP contribution in [0.25, 0.3) is 0 Å². The number of carbonyl (C=O) groups excluding carboxylic acids is 1. The van der Waals surface area contributed by atoms with Gasteiger partial charge in [0.1, 0.15) is 0 Å². The Hall–Kier alpha value is 0.370. The van der Waals surface area contributed by atoms with Gasteiger partial charge in [-0.05, 0) is 52.2 Å². The zero-order valence-corrected chi connectivity index (χ0v) is 13.8. The van der Waals surface area contributed by atoms with E-state index in [-0.39, 0.29) is 5.91 Å². The van der Waals surface area contributed by atoms with E-state index in [2.05, 4.69) is 10.3 Å². The summed E-state index contributed by atoms with van der Waals surface area (Å²) in [6.07, 6.45) is 5.24. The zero-order valence-electron chi connectivity index (χ0n) is 9.72. The fourth-order valence-electron chi connectivity index (χ4n) is 1.65. The summed E-state index contributed by atoms with van der Waals surface area (Å²) in [6, 6.07) is 0. The van der Waals surface area contributed by atoms with Crippen molar-refractivity contribution < 1.29 is 4.79 Å². The maximum absolute atomic E-state index is 11.6. The van der Waals surface area contributed by atoms with Gasteiger partial charge in [-0.3, -0.25) is 4.79 Å². The van der Waals surface area contributed by atoms with Crippen LogP contribution in [0.2, 0.25) is 0 Å². The molecule has 0 aromatic carbocycles. The Bertz CT molecular complexity index is 437. The lowest BCUT2D eigenvalue weighted by Gasteiger charge is -2.06. The average Bonchev–Trinajstić information content (AvgIpc) is 2.96. The largest absolute Gasteiger partial charge is 0.301 e. The average molecular weight is 339 g/mol. The third-order valence-corrected chi connectivity index (χ3v) is 8.07. The summed E-state index contributed by atoms with van der Waals surface area (Å²) in [6.45, 7) is 0. The molecule has 1 atom stereocenters. The van der Waals surface area contributed by atoms with Gasteiger partial charge in [-0.15, -0.1) is 0 Å². The molecule has 0 bridgehead atoms. The van der Waals surface area contributed by atoms with Gasteiger partial charge in [0.2, 0.25) is 11.0 Å². The number of hydrogen-bond donors (Lipinski definition) is 1. The number of aromatic nitrogens is 1. The molecule has 100 valence electrons. The first-order valence-electron chi connectivity index (χ1n) is 5.79. The predicted molar refractivity (Wildman–Crippen MR) is 86.4 cm³/mol. The van der Waals surface area contributed by atoms with Crippen LogP contribution in [-0.4, -0.2) is 21.9 Å². The monoisotopic (exact) mass is 338 g/mol. The number of amides is 1. The first kappa shape index (κ1) is 14.8. The first-order chi connectivity index (χ1) is 8.74. The third kappa shape index (κ3) is 5.16. The van der Waals surface area contributed by atoms with E-state index >= 15 is 0 Å². The molecule has 1 aliphatic heterocycles. The molecule has 0 spiro atoms. The SMILES string of the molecule is O=C(CCCCC1CCSS1)Nc1nc(=S)ss1. The number of anilines is 1. The van der Waals surface area contributed by atoms with Crippen LogP contribution in [0.3, 0.4) is 0 Å². The van der Waals surface area contributed by atoms with Gasteiger partial charge < -0.3 is 5.32 Å². The highest BCUT2D eigenvalue weighted by Crippen LogP contribution is 2.39. The molecule has 8 heteroatoms. The van der Waals surface area contributed by atoms with E-state index in [1.54, 1.807) is 0 Å². The lowest BCUT2D eigenvalue weighted by atomic mass is 10.1. The van der Waals surface area contributed by atoms with Crippen molar-refractivity contribution in [2.45, 2.75) is 37.4 Å². The molecule has 1 amide bonds. The highest BCUT2D eigenvalue weighted by atomic mass is 33.1. The molecule has 1 aromatic heterocycles. The van der Waals surface area contributed by atoms with Crippen LogP contribution in [0.15, 0.2) is 0 Å². The minimum atomic E-state index is 0.0556. The van der Waals surface area contributed by atoms with Crippen molar-refractivity contribution in [3.05, 3.63) is 3.95 Å². The van der Waals surface area contributed by atoms with Gasteiger partial charge >= 0.3 is 0 Å². The maximum Gasteiger partial charge on any atom is 0.226 e. The summed E-state index contributed by atoms with van der Waals surface area (Å²) < 4.78 is 0.589. The molecule has 3 nitrogen and oxygen atoms in total. The number of nitrogens with zero attached hydrogens (tertiary/aromatic N) is 1. The van der Waals surface area contributed by atoms with Gasteiger partial charge in [-0.1, -0.05) is 28.0 Å². The van der Waals surface area contributed by atoms with E-state index in [1.807, 2.05) is 21.6 Å². The summed E-state index contributed by atoms with van der Waals surface area (Å²) in [5, 5.41) is 4.24. The van der Waals surface area contributed by atoms with Gasteiger partial charge in [0, 0.05) is 17.4 Å². The number of carbonyl (C=O) groups is 1. The highest BCUT2D eigenvalue weighted by Gasteiger charge is 2.15. The molecule has 2 rings (SSSR count). The second kappa shape index (κ2) is 7.84. The van der Waals surface area contributed by atoms with Crippen LogP contribution < -0.4 is 5.32 Å². The summed E-state index contributed by atoms with van der Waals surface area (Å²) in [5.74, 6) is 1.34. The topological polar surface area (TPSA) is 42.0 Å². The van der Waals surface area contributed by atoms with Crippen LogP contribution in [0.4, 0.5) is 5.13 Å². The Morgan fingerprint density at radius 3 is 3.00 bits per heavy atom. The number of unbranched alkanes of at least 4 members (excludes halogenated alkanes) is 1. The molecule has 1 fully saturated rings. The number of hydrogen-bond acceptors (Lipinski definition) is 7. The molecule has 1 aromatic rings. The Labute approximate surface area is 127 Å². The van der Waals surface area contributed by atoms with Gasteiger partial charge in [0.15, 0.2) is 3.95 Å². The summed E-state index contributed by atoms with van der Waals surface area (Å²) in [4.78, 5) is 15.7. The van der Waals surface area contributed by atoms with E-state index in [0.717, 1.165) is 18.1 Å². The van der Waals surface area contributed by atoms with Crippen LogP contribution in [0.1, 0.15) is 32.1 Å². The molecule has 0 saturated carbocycles. The Balaban J connectivity index is 1.58. The normalized spacial score (nSPS) is 19.0. The highest BCUT2D eigenvalue weighted by molar-refractivity contribution is 8.77. The lowest BCUT2D eigenvalue weighted by molar-refractivity contribution is -0.116. The summed E-state index contributed by atoms with van der Waals surface area (Å²) in [5.41, 5.74) is 0. The van der Waals surface area contributed by atoms with Crippen molar-refractivity contribution in [2.75, 3.05) is 11.1 Å². The van der Waals surface area contributed by atoms with Crippen molar-refractivity contribution in [3.8, 4) is 0 Å². The number of nitrogens with one attached hydrogen (secondary N) is 1. The van der Waals surface area contributed by atoms with Gasteiger partial charge in [0.05, 0.1) is 0 Å². The molecule has 18 heavy (non-hydrogen) atoms. The van der Waals surface area contributed by atoms with Crippen molar-refractivity contribution >= 4 is 65.5 Å². The zero-order chi connectivity index (χ0) is 12.8. The maximum atomic E-state index is 11.6. The van der Waals surface area contributed by atoms with Crippen LogP contribution >= 0.6 is 54.5 Å². The number of rotatable bonds is 6. The summed E-state index contributed by atoms with van der Waals surface area (Å²) in [7, 11) is 6.82. The quantitative estimate of drug-likeness (QED) is 0.467. The van der Waals surface area contributed by atoms with Gasteiger partial charge in [-0.25, -0.2) is 0 Å². The second-order valence-corrected chi connectivity index (χ2v) is 9.51. The minimum absolute atomic E-state index is 0.0556. The molecule has 2 heterocycles. The van der Waals surface area contributed by atoms with E-state index in [4.69, 9.17) is 12.2 Å². The van der Waals surface area contributed by atoms with Gasteiger partial charge in [-0.2, -0.15) is 4.98 Å². The molecular formula is C10H14N2OS5. The van der Waals surface area contributed by atoms with Crippen LogP contribution in [0, 0.1) is 3.95 Å². The molecule has 0 radical (unpaired) electrons. The van der Waals surface area contributed by atoms with Crippen molar-refractivity contribution in [1.82, 2.24) is 4.98 Å². The van der Waals surface area contributed by atoms with Crippen LogP contribution in [-0.2, 0) is 4.79 Å². The smallest absolute Gasteiger partial charge is 0.226 e. The molecule has 0 aliphatic carbocycles. The fraction of sp³-hybridized carbons (Fsp3) is 0.700. The minimum Gasteiger partial charge on any atom is -0.301 e. The molecule has 1 saturated heterocycles. The Morgan fingerprint density at radius 1 is 1.44 bits per heavy atom. The standard InChI is InChI=1S/C10H14N2OS5/c13-8(11-9-12-10(14)18-17-9)4-2-1-3-7-5-6-15-16-7/h7H,1-6H2,(H,11,12,13,14).